The summed E-state index contributed by atoms with van der Waals surface area (Å²) in [6, 6.07) is 17.4. The van der Waals surface area contributed by atoms with E-state index in [9.17, 15) is 9.59 Å². The molecule has 0 aliphatic carbocycles. The Morgan fingerprint density at radius 2 is 1.14 bits per heavy atom. The van der Waals surface area contributed by atoms with Crippen molar-refractivity contribution in [3.8, 4) is 0 Å². The number of carbonyl (C=O) groups is 2. The molecule has 156 valence electrons. The number of carboxylic acids is 1. The number of methoxy groups -OCH3 is 1. The smallest absolute Gasteiger partial charge is 0.305 e. The fraction of sp³-hybridized carbons (Fsp3) is 0.440. The molecule has 0 unspecified atom stereocenters. The quantitative estimate of drug-likeness (QED) is 0.366. The van der Waals surface area contributed by atoms with Crippen LogP contribution in [0.15, 0.2) is 48.5 Å². The summed E-state index contributed by atoms with van der Waals surface area (Å²) in [5.74, 6) is -0.842. The molecule has 0 atom stereocenters. The normalized spacial score (nSPS) is 10.7. The molecule has 0 aliphatic rings. The maximum absolute atomic E-state index is 11.1. The fourth-order valence-electron chi connectivity index (χ4n) is 3.37. The van der Waals surface area contributed by atoms with Crippen molar-refractivity contribution < 1.29 is 19.4 Å². The van der Waals surface area contributed by atoms with Crippen LogP contribution in [0.3, 0.4) is 0 Å². The van der Waals surface area contributed by atoms with Crippen LogP contribution >= 0.6 is 0 Å². The maximum atomic E-state index is 11.1. The third-order valence-electron chi connectivity index (χ3n) is 5.13. The van der Waals surface area contributed by atoms with Gasteiger partial charge in [0.05, 0.1) is 7.11 Å². The van der Waals surface area contributed by atoms with Crippen LogP contribution in [0.1, 0.15) is 67.2 Å². The second-order valence-corrected chi connectivity index (χ2v) is 7.55. The third-order valence-corrected chi connectivity index (χ3v) is 5.13. The van der Waals surface area contributed by atoms with Crippen molar-refractivity contribution in [2.45, 2.75) is 64.2 Å². The summed E-state index contributed by atoms with van der Waals surface area (Å²) in [7, 11) is 1.43. The highest BCUT2D eigenvalue weighted by molar-refractivity contribution is 5.69. The highest BCUT2D eigenvalue weighted by atomic mass is 16.5. The lowest BCUT2D eigenvalue weighted by molar-refractivity contribution is -0.140. The number of benzene rings is 2. The van der Waals surface area contributed by atoms with E-state index < -0.39 is 5.97 Å². The first-order chi connectivity index (χ1) is 14.1. The number of esters is 1. The van der Waals surface area contributed by atoms with Gasteiger partial charge < -0.3 is 9.84 Å². The standard InChI is InChI=1S/C25H32O4/c1-29-25(28)10-4-2-3-7-20-11-15-22(16-12-20)19-23-17-13-21(14-18-23)8-5-6-9-24(26)27/h11-18H,2-10,19H2,1H3,(H,26,27). The Labute approximate surface area is 173 Å². The van der Waals surface area contributed by atoms with E-state index in [1.807, 2.05) is 0 Å². The molecular formula is C25H32O4. The van der Waals surface area contributed by atoms with Crippen molar-refractivity contribution >= 4 is 11.9 Å². The molecule has 0 saturated heterocycles. The number of unbranched alkanes of at least 4 members (excludes halogenated alkanes) is 3. The van der Waals surface area contributed by atoms with E-state index in [1.54, 1.807) is 0 Å². The monoisotopic (exact) mass is 396 g/mol. The van der Waals surface area contributed by atoms with Crippen molar-refractivity contribution in [3.05, 3.63) is 70.8 Å². The molecule has 0 spiro atoms. The molecule has 1 N–H and O–H groups in total. The molecular weight excluding hydrogens is 364 g/mol. The maximum Gasteiger partial charge on any atom is 0.305 e. The van der Waals surface area contributed by atoms with Crippen LogP contribution in [-0.2, 0) is 33.6 Å². The van der Waals surface area contributed by atoms with Gasteiger partial charge >= 0.3 is 11.9 Å². The van der Waals surface area contributed by atoms with Crippen molar-refractivity contribution in [3.63, 3.8) is 0 Å². The van der Waals surface area contributed by atoms with Crippen LogP contribution in [0.25, 0.3) is 0 Å². The van der Waals surface area contributed by atoms with Gasteiger partial charge in [0.15, 0.2) is 0 Å². The lowest BCUT2D eigenvalue weighted by Gasteiger charge is -2.07. The lowest BCUT2D eigenvalue weighted by atomic mass is 9.99. The van der Waals surface area contributed by atoms with Gasteiger partial charge in [-0.2, -0.15) is 0 Å². The summed E-state index contributed by atoms with van der Waals surface area (Å²) in [5.41, 5.74) is 5.19. The number of carbonyl (C=O) groups excluding carboxylic acids is 1. The number of hydrogen-bond acceptors (Lipinski definition) is 3. The molecule has 0 fully saturated rings. The topological polar surface area (TPSA) is 63.6 Å². The van der Waals surface area contributed by atoms with Gasteiger partial charge in [-0.05, 0) is 67.2 Å². The third kappa shape index (κ3) is 9.42. The first-order valence-corrected chi connectivity index (χ1v) is 10.5. The van der Waals surface area contributed by atoms with Crippen LogP contribution in [-0.4, -0.2) is 24.2 Å². The zero-order chi connectivity index (χ0) is 20.9. The summed E-state index contributed by atoms with van der Waals surface area (Å²) in [5, 5.41) is 8.68. The van der Waals surface area contributed by atoms with Gasteiger partial charge in [0.2, 0.25) is 0 Å². The molecule has 0 aromatic heterocycles. The second kappa shape index (κ2) is 12.8. The van der Waals surface area contributed by atoms with Gasteiger partial charge in [0.1, 0.15) is 0 Å². The Kier molecular flexibility index (Phi) is 9.98. The van der Waals surface area contributed by atoms with E-state index in [4.69, 9.17) is 5.11 Å². The molecule has 0 saturated carbocycles. The Bertz CT molecular complexity index is 747. The molecule has 4 nitrogen and oxygen atoms in total. The Morgan fingerprint density at radius 1 is 0.690 bits per heavy atom. The minimum Gasteiger partial charge on any atom is -0.481 e. The van der Waals surface area contributed by atoms with Crippen LogP contribution in [0.5, 0.6) is 0 Å². The number of aliphatic carboxylic acids is 1. The average molecular weight is 397 g/mol. The van der Waals surface area contributed by atoms with E-state index in [0.29, 0.717) is 6.42 Å². The second-order valence-electron chi connectivity index (χ2n) is 7.55. The molecule has 2 aromatic carbocycles. The minimum atomic E-state index is -0.718. The van der Waals surface area contributed by atoms with Gasteiger partial charge in [0.25, 0.3) is 0 Å². The van der Waals surface area contributed by atoms with E-state index in [1.165, 1.54) is 29.4 Å². The largest absolute Gasteiger partial charge is 0.481 e. The highest BCUT2D eigenvalue weighted by Gasteiger charge is 2.02. The Morgan fingerprint density at radius 3 is 1.62 bits per heavy atom. The predicted molar refractivity (Wildman–Crippen MR) is 115 cm³/mol. The number of hydrogen-bond donors (Lipinski definition) is 1. The van der Waals surface area contributed by atoms with E-state index in [2.05, 4.69) is 53.3 Å². The van der Waals surface area contributed by atoms with Crippen LogP contribution in [0.2, 0.25) is 0 Å². The van der Waals surface area contributed by atoms with E-state index in [0.717, 1.165) is 51.4 Å². The molecule has 0 heterocycles. The Hall–Kier alpha value is -2.62. The SMILES string of the molecule is COC(=O)CCCCCc1ccc(Cc2ccc(CCCCC(=O)O)cc2)cc1. The van der Waals surface area contributed by atoms with Gasteiger partial charge in [-0.25, -0.2) is 0 Å². The molecule has 2 aromatic rings. The zero-order valence-electron chi connectivity index (χ0n) is 17.4. The van der Waals surface area contributed by atoms with Gasteiger partial charge in [0, 0.05) is 12.8 Å². The zero-order valence-corrected chi connectivity index (χ0v) is 17.4. The summed E-state index contributed by atoms with van der Waals surface area (Å²) in [6.07, 6.45) is 8.31. The van der Waals surface area contributed by atoms with Crippen LogP contribution in [0, 0.1) is 0 Å². The van der Waals surface area contributed by atoms with E-state index in [-0.39, 0.29) is 12.4 Å². The molecule has 4 heteroatoms. The number of aryl methyl sites for hydroxylation is 2. The molecule has 0 bridgehead atoms. The van der Waals surface area contributed by atoms with Crippen LogP contribution in [0.4, 0.5) is 0 Å². The minimum absolute atomic E-state index is 0.124. The van der Waals surface area contributed by atoms with E-state index >= 15 is 0 Å². The van der Waals surface area contributed by atoms with Gasteiger partial charge in [-0.1, -0.05) is 55.0 Å². The lowest BCUT2D eigenvalue weighted by Crippen LogP contribution is -1.99. The molecule has 2 rings (SSSR count). The molecule has 29 heavy (non-hydrogen) atoms. The summed E-state index contributed by atoms with van der Waals surface area (Å²) >= 11 is 0. The molecule has 0 amide bonds. The summed E-state index contributed by atoms with van der Waals surface area (Å²) in [6.45, 7) is 0. The fourth-order valence-corrected chi connectivity index (χ4v) is 3.37. The highest BCUT2D eigenvalue weighted by Crippen LogP contribution is 2.15. The number of ether oxygens (including phenoxy) is 1. The molecule has 0 radical (unpaired) electrons. The van der Waals surface area contributed by atoms with Crippen LogP contribution < -0.4 is 0 Å². The first kappa shape index (κ1) is 22.7. The summed E-state index contributed by atoms with van der Waals surface area (Å²) in [4.78, 5) is 21.6. The van der Waals surface area contributed by atoms with Crippen molar-refractivity contribution in [2.75, 3.05) is 7.11 Å². The molecule has 0 aliphatic heterocycles. The number of carboxylic acid groups (broad SMARTS) is 1. The predicted octanol–water partition coefficient (Wildman–Crippen LogP) is 5.35. The Balaban J connectivity index is 1.70. The van der Waals surface area contributed by atoms with Crippen molar-refractivity contribution in [2.24, 2.45) is 0 Å². The number of rotatable bonds is 13. The average Bonchev–Trinajstić information content (AvgIpc) is 2.73. The van der Waals surface area contributed by atoms with Crippen molar-refractivity contribution in [1.29, 1.82) is 0 Å². The summed E-state index contributed by atoms with van der Waals surface area (Å²) < 4.78 is 4.65. The first-order valence-electron chi connectivity index (χ1n) is 10.5. The van der Waals surface area contributed by atoms with Gasteiger partial charge in [-0.15, -0.1) is 0 Å². The van der Waals surface area contributed by atoms with Gasteiger partial charge in [-0.3, -0.25) is 9.59 Å². The van der Waals surface area contributed by atoms with Crippen molar-refractivity contribution in [1.82, 2.24) is 0 Å².